The molecular weight excluding hydrogens is 208 g/mol. The Hall–Kier alpha value is -1.85. The Morgan fingerprint density at radius 3 is 2.69 bits per heavy atom. The lowest BCUT2D eigenvalue weighted by Crippen LogP contribution is -2.41. The minimum atomic E-state index is -0.411. The lowest BCUT2D eigenvalue weighted by atomic mass is 10.2. The van der Waals surface area contributed by atoms with Crippen molar-refractivity contribution in [2.75, 3.05) is 5.32 Å². The highest BCUT2D eigenvalue weighted by Gasteiger charge is 2.13. The number of nitrogens with zero attached hydrogens (tertiary/aromatic N) is 1. The summed E-state index contributed by atoms with van der Waals surface area (Å²) in [6.07, 6.45) is 1.46. The molecule has 0 aliphatic rings. The molecular formula is C10H16N4O2. The zero-order valence-electron chi connectivity index (χ0n) is 9.57. The average Bonchev–Trinajstić information content (AvgIpc) is 2.16. The molecule has 1 rings (SSSR count). The Morgan fingerprint density at radius 2 is 2.12 bits per heavy atom. The van der Waals surface area contributed by atoms with Crippen LogP contribution in [0.15, 0.2) is 17.1 Å². The number of rotatable bonds is 4. The Bertz CT molecular complexity index is 413. The highest BCUT2D eigenvalue weighted by Crippen LogP contribution is 2.01. The van der Waals surface area contributed by atoms with Crippen LogP contribution in [0.1, 0.15) is 20.8 Å². The molecule has 1 aromatic heterocycles. The van der Waals surface area contributed by atoms with E-state index in [-0.39, 0.29) is 17.5 Å². The van der Waals surface area contributed by atoms with Gasteiger partial charge in [-0.15, -0.1) is 0 Å². The minimum Gasteiger partial charge on any atom is -0.372 e. The van der Waals surface area contributed by atoms with Gasteiger partial charge in [-0.1, -0.05) is 0 Å². The van der Waals surface area contributed by atoms with Gasteiger partial charge < -0.3 is 10.6 Å². The lowest BCUT2D eigenvalue weighted by molar-refractivity contribution is -0.122. The van der Waals surface area contributed by atoms with Gasteiger partial charge in [0, 0.05) is 12.1 Å². The molecule has 16 heavy (non-hydrogen) atoms. The topological polar surface area (TPSA) is 86.9 Å². The highest BCUT2D eigenvalue weighted by molar-refractivity contribution is 5.84. The first-order chi connectivity index (χ1) is 7.49. The molecule has 6 heteroatoms. The van der Waals surface area contributed by atoms with E-state index in [1.54, 1.807) is 6.92 Å². The predicted molar refractivity (Wildman–Crippen MR) is 61.2 cm³/mol. The van der Waals surface area contributed by atoms with E-state index in [2.05, 4.69) is 20.8 Å². The number of aromatic amines is 1. The summed E-state index contributed by atoms with van der Waals surface area (Å²) in [5.74, 6) is -0.115. The van der Waals surface area contributed by atoms with E-state index in [1.807, 2.05) is 13.8 Å². The monoisotopic (exact) mass is 224 g/mol. The number of anilines is 1. The number of H-pyrrole nitrogens is 1. The van der Waals surface area contributed by atoms with Crippen molar-refractivity contribution in [3.8, 4) is 0 Å². The summed E-state index contributed by atoms with van der Waals surface area (Å²) in [4.78, 5) is 22.5. The number of amides is 1. The summed E-state index contributed by atoms with van der Waals surface area (Å²) in [7, 11) is 0. The normalized spacial score (nSPS) is 12.2. The van der Waals surface area contributed by atoms with Gasteiger partial charge in [-0.3, -0.25) is 9.59 Å². The van der Waals surface area contributed by atoms with E-state index in [0.717, 1.165) is 0 Å². The summed E-state index contributed by atoms with van der Waals surface area (Å²) in [6, 6.07) is 1.03. The third-order valence-electron chi connectivity index (χ3n) is 1.87. The van der Waals surface area contributed by atoms with E-state index in [1.165, 1.54) is 12.3 Å². The highest BCUT2D eigenvalue weighted by atomic mass is 16.2. The molecule has 1 atom stereocenters. The fraction of sp³-hybridized carbons (Fsp3) is 0.500. The Balaban J connectivity index is 2.60. The van der Waals surface area contributed by atoms with Crippen molar-refractivity contribution in [3.05, 3.63) is 22.6 Å². The molecule has 0 spiro atoms. The van der Waals surface area contributed by atoms with Gasteiger partial charge >= 0.3 is 0 Å². The maximum atomic E-state index is 11.6. The quantitative estimate of drug-likeness (QED) is 0.676. The zero-order chi connectivity index (χ0) is 12.1. The fourth-order valence-electron chi connectivity index (χ4n) is 1.18. The number of hydrogen-bond donors (Lipinski definition) is 3. The number of aromatic nitrogens is 2. The predicted octanol–water partition coefficient (Wildman–Crippen LogP) is 0.0949. The van der Waals surface area contributed by atoms with Crippen molar-refractivity contribution in [1.29, 1.82) is 0 Å². The number of hydrogen-bond acceptors (Lipinski definition) is 4. The second-order valence-electron chi connectivity index (χ2n) is 3.86. The molecule has 0 aliphatic carbocycles. The zero-order valence-corrected chi connectivity index (χ0v) is 9.57. The van der Waals surface area contributed by atoms with Crippen molar-refractivity contribution in [2.24, 2.45) is 0 Å². The minimum absolute atomic E-state index is 0.0917. The van der Waals surface area contributed by atoms with Gasteiger partial charge in [0.1, 0.15) is 6.04 Å². The summed E-state index contributed by atoms with van der Waals surface area (Å²) in [5, 5.41) is 11.5. The van der Waals surface area contributed by atoms with E-state index >= 15 is 0 Å². The first kappa shape index (κ1) is 12.2. The summed E-state index contributed by atoms with van der Waals surface area (Å²) in [6.45, 7) is 5.50. The van der Waals surface area contributed by atoms with Gasteiger partial charge in [-0.25, -0.2) is 5.10 Å². The van der Waals surface area contributed by atoms with Crippen LogP contribution in [0.2, 0.25) is 0 Å². The van der Waals surface area contributed by atoms with Crippen LogP contribution in [0.4, 0.5) is 5.69 Å². The number of nitrogens with one attached hydrogen (secondary N) is 3. The molecule has 0 fully saturated rings. The van der Waals surface area contributed by atoms with Crippen LogP contribution in [0.5, 0.6) is 0 Å². The average molecular weight is 224 g/mol. The molecule has 0 saturated carbocycles. The van der Waals surface area contributed by atoms with Crippen LogP contribution in [0.3, 0.4) is 0 Å². The van der Waals surface area contributed by atoms with Crippen molar-refractivity contribution in [2.45, 2.75) is 32.9 Å². The van der Waals surface area contributed by atoms with E-state index in [9.17, 15) is 9.59 Å². The second kappa shape index (κ2) is 5.29. The van der Waals surface area contributed by atoms with Crippen molar-refractivity contribution in [3.63, 3.8) is 0 Å². The third kappa shape index (κ3) is 3.72. The van der Waals surface area contributed by atoms with Gasteiger partial charge in [0.05, 0.1) is 11.9 Å². The van der Waals surface area contributed by atoms with Crippen molar-refractivity contribution >= 4 is 11.6 Å². The first-order valence-electron chi connectivity index (χ1n) is 5.10. The van der Waals surface area contributed by atoms with Crippen LogP contribution in [-0.4, -0.2) is 28.2 Å². The number of carbonyl (C=O) groups excluding carboxylic acids is 1. The molecule has 88 valence electrons. The van der Waals surface area contributed by atoms with E-state index < -0.39 is 6.04 Å². The standard InChI is InChI=1S/C10H16N4O2/c1-6(2)12-10(16)7(3)13-8-4-9(15)14-11-5-8/h4-7H,1-3H3,(H,12,16)(H2,13,14,15). The van der Waals surface area contributed by atoms with Crippen molar-refractivity contribution < 1.29 is 4.79 Å². The van der Waals surface area contributed by atoms with Crippen LogP contribution >= 0.6 is 0 Å². The SMILES string of the molecule is CC(C)NC(=O)C(C)Nc1cn[nH]c(=O)c1. The first-order valence-corrected chi connectivity index (χ1v) is 5.10. The van der Waals surface area contributed by atoms with Crippen LogP contribution in [0, 0.1) is 0 Å². The largest absolute Gasteiger partial charge is 0.372 e. The molecule has 1 heterocycles. The Kier molecular flexibility index (Phi) is 4.04. The van der Waals surface area contributed by atoms with Gasteiger partial charge in [0.15, 0.2) is 0 Å². The lowest BCUT2D eigenvalue weighted by Gasteiger charge is -2.16. The molecule has 1 unspecified atom stereocenters. The maximum Gasteiger partial charge on any atom is 0.266 e. The van der Waals surface area contributed by atoms with Crippen LogP contribution < -0.4 is 16.2 Å². The maximum absolute atomic E-state index is 11.6. The fourth-order valence-corrected chi connectivity index (χ4v) is 1.18. The van der Waals surface area contributed by atoms with Crippen LogP contribution in [-0.2, 0) is 4.79 Å². The molecule has 0 radical (unpaired) electrons. The van der Waals surface area contributed by atoms with E-state index in [0.29, 0.717) is 5.69 Å². The second-order valence-corrected chi connectivity index (χ2v) is 3.86. The molecule has 1 aromatic rings. The van der Waals surface area contributed by atoms with Gasteiger partial charge in [0.25, 0.3) is 5.56 Å². The van der Waals surface area contributed by atoms with Gasteiger partial charge in [-0.05, 0) is 20.8 Å². The number of carbonyl (C=O) groups is 1. The molecule has 3 N–H and O–H groups in total. The Labute approximate surface area is 93.5 Å². The Morgan fingerprint density at radius 1 is 1.44 bits per heavy atom. The van der Waals surface area contributed by atoms with Crippen LogP contribution in [0.25, 0.3) is 0 Å². The third-order valence-corrected chi connectivity index (χ3v) is 1.87. The van der Waals surface area contributed by atoms with Crippen molar-refractivity contribution in [1.82, 2.24) is 15.5 Å². The summed E-state index contributed by atoms with van der Waals surface area (Å²) >= 11 is 0. The molecule has 6 nitrogen and oxygen atoms in total. The van der Waals surface area contributed by atoms with Gasteiger partial charge in [0.2, 0.25) is 5.91 Å². The van der Waals surface area contributed by atoms with Gasteiger partial charge in [-0.2, -0.15) is 5.10 Å². The molecule has 0 aromatic carbocycles. The molecule has 1 amide bonds. The molecule has 0 bridgehead atoms. The van der Waals surface area contributed by atoms with E-state index in [4.69, 9.17) is 0 Å². The summed E-state index contributed by atoms with van der Waals surface area (Å²) in [5.41, 5.74) is 0.219. The smallest absolute Gasteiger partial charge is 0.266 e. The molecule has 0 saturated heterocycles. The summed E-state index contributed by atoms with van der Waals surface area (Å²) < 4.78 is 0. The molecule has 0 aliphatic heterocycles.